The second-order valence-electron chi connectivity index (χ2n) is 6.66. The molecule has 0 radical (unpaired) electrons. The zero-order valence-electron chi connectivity index (χ0n) is 15.0. The maximum atomic E-state index is 11.9. The van der Waals surface area contributed by atoms with E-state index in [0.29, 0.717) is 26.2 Å². The van der Waals surface area contributed by atoms with Gasteiger partial charge in [-0.3, -0.25) is 9.69 Å². The highest BCUT2D eigenvalue weighted by molar-refractivity contribution is 5.85. The van der Waals surface area contributed by atoms with E-state index in [-0.39, 0.29) is 5.91 Å². The van der Waals surface area contributed by atoms with Crippen molar-refractivity contribution in [2.75, 3.05) is 40.5 Å². The second kappa shape index (κ2) is 7.95. The summed E-state index contributed by atoms with van der Waals surface area (Å²) >= 11 is 0. The van der Waals surface area contributed by atoms with Crippen molar-refractivity contribution in [2.45, 2.75) is 18.6 Å². The molecule has 1 amide bonds. The minimum atomic E-state index is -0.586. The molecule has 134 valence electrons. The topological polar surface area (TPSA) is 50.8 Å². The van der Waals surface area contributed by atoms with Gasteiger partial charge < -0.3 is 14.8 Å². The molecule has 5 heteroatoms. The van der Waals surface area contributed by atoms with Crippen molar-refractivity contribution in [3.05, 3.63) is 48.0 Å². The molecule has 0 saturated carbocycles. The quantitative estimate of drug-likeness (QED) is 0.874. The van der Waals surface area contributed by atoms with Crippen molar-refractivity contribution >= 4 is 16.7 Å². The number of benzene rings is 2. The SMILES string of the molecule is CNC(=O)CC1(COC)CN(Cc2cccc3ccccc23)CCO1. The first-order valence-corrected chi connectivity index (χ1v) is 8.68. The van der Waals surface area contributed by atoms with Gasteiger partial charge in [-0.2, -0.15) is 0 Å². The number of carbonyl (C=O) groups excluding carboxylic acids is 1. The summed E-state index contributed by atoms with van der Waals surface area (Å²) in [5.74, 6) is -0.0240. The molecule has 25 heavy (non-hydrogen) atoms. The Morgan fingerprint density at radius 2 is 2.08 bits per heavy atom. The third-order valence-electron chi connectivity index (χ3n) is 4.77. The Bertz CT molecular complexity index is 724. The smallest absolute Gasteiger partial charge is 0.222 e. The van der Waals surface area contributed by atoms with Crippen LogP contribution >= 0.6 is 0 Å². The molecule has 1 saturated heterocycles. The van der Waals surface area contributed by atoms with Crippen LogP contribution in [0.15, 0.2) is 42.5 Å². The van der Waals surface area contributed by atoms with Crippen molar-refractivity contribution in [3.63, 3.8) is 0 Å². The number of morpholine rings is 1. The Labute approximate surface area is 148 Å². The average molecular weight is 342 g/mol. The molecule has 1 aliphatic rings. The number of hydrogen-bond acceptors (Lipinski definition) is 4. The van der Waals surface area contributed by atoms with Crippen molar-refractivity contribution in [1.29, 1.82) is 0 Å². The number of methoxy groups -OCH3 is 1. The predicted octanol–water partition coefficient (Wildman–Crippen LogP) is 2.19. The van der Waals surface area contributed by atoms with Gasteiger partial charge in [0.15, 0.2) is 0 Å². The van der Waals surface area contributed by atoms with Gasteiger partial charge in [0.1, 0.15) is 5.60 Å². The molecular weight excluding hydrogens is 316 g/mol. The van der Waals surface area contributed by atoms with Crippen molar-refractivity contribution in [1.82, 2.24) is 10.2 Å². The average Bonchev–Trinajstić information content (AvgIpc) is 2.62. The van der Waals surface area contributed by atoms with Crippen LogP contribution in [0.5, 0.6) is 0 Å². The third kappa shape index (κ3) is 4.18. The fourth-order valence-electron chi connectivity index (χ4n) is 3.62. The highest BCUT2D eigenvalue weighted by Gasteiger charge is 2.38. The number of nitrogens with zero attached hydrogens (tertiary/aromatic N) is 1. The van der Waals surface area contributed by atoms with Crippen LogP contribution in [0.4, 0.5) is 0 Å². The molecule has 0 spiro atoms. The first kappa shape index (κ1) is 17.9. The van der Waals surface area contributed by atoms with Gasteiger partial charge in [-0.1, -0.05) is 42.5 Å². The van der Waals surface area contributed by atoms with Gasteiger partial charge in [0.25, 0.3) is 0 Å². The van der Waals surface area contributed by atoms with Gasteiger partial charge in [-0.25, -0.2) is 0 Å². The summed E-state index contributed by atoms with van der Waals surface area (Å²) in [5.41, 5.74) is 0.712. The summed E-state index contributed by atoms with van der Waals surface area (Å²) in [7, 11) is 3.30. The molecule has 0 aliphatic carbocycles. The number of carbonyl (C=O) groups is 1. The van der Waals surface area contributed by atoms with E-state index in [0.717, 1.165) is 13.1 Å². The maximum absolute atomic E-state index is 11.9. The highest BCUT2D eigenvalue weighted by Crippen LogP contribution is 2.26. The summed E-state index contributed by atoms with van der Waals surface area (Å²) in [6.45, 7) is 3.38. The van der Waals surface area contributed by atoms with E-state index < -0.39 is 5.60 Å². The number of rotatable bonds is 6. The predicted molar refractivity (Wildman–Crippen MR) is 98.5 cm³/mol. The molecule has 5 nitrogen and oxygen atoms in total. The zero-order chi connectivity index (χ0) is 17.7. The zero-order valence-corrected chi connectivity index (χ0v) is 15.0. The van der Waals surface area contributed by atoms with Crippen LogP contribution in [0.3, 0.4) is 0 Å². The maximum Gasteiger partial charge on any atom is 0.222 e. The normalized spacial score (nSPS) is 21.4. The molecule has 0 aromatic heterocycles. The molecule has 2 aromatic carbocycles. The first-order chi connectivity index (χ1) is 12.2. The third-order valence-corrected chi connectivity index (χ3v) is 4.77. The van der Waals surface area contributed by atoms with E-state index in [1.165, 1.54) is 16.3 Å². The van der Waals surface area contributed by atoms with Crippen LogP contribution in [0.2, 0.25) is 0 Å². The Morgan fingerprint density at radius 3 is 2.88 bits per heavy atom. The highest BCUT2D eigenvalue weighted by atomic mass is 16.5. The molecule has 1 fully saturated rings. The van der Waals surface area contributed by atoms with Crippen LogP contribution < -0.4 is 5.32 Å². The number of hydrogen-bond donors (Lipinski definition) is 1. The lowest BCUT2D eigenvalue weighted by atomic mass is 9.96. The van der Waals surface area contributed by atoms with E-state index in [2.05, 4.69) is 52.7 Å². The summed E-state index contributed by atoms with van der Waals surface area (Å²) in [6.07, 6.45) is 0.309. The van der Waals surface area contributed by atoms with Crippen LogP contribution in [-0.2, 0) is 20.8 Å². The minimum Gasteiger partial charge on any atom is -0.382 e. The van der Waals surface area contributed by atoms with Crippen LogP contribution in [-0.4, -0.2) is 56.9 Å². The Hall–Kier alpha value is -1.95. The van der Waals surface area contributed by atoms with Crippen molar-refractivity contribution in [3.8, 4) is 0 Å². The largest absolute Gasteiger partial charge is 0.382 e. The van der Waals surface area contributed by atoms with Crippen LogP contribution in [0.1, 0.15) is 12.0 Å². The Morgan fingerprint density at radius 1 is 1.28 bits per heavy atom. The monoisotopic (exact) mass is 342 g/mol. The lowest BCUT2D eigenvalue weighted by Crippen LogP contribution is -2.55. The van der Waals surface area contributed by atoms with Crippen molar-refractivity contribution in [2.24, 2.45) is 0 Å². The Balaban J connectivity index is 1.79. The van der Waals surface area contributed by atoms with Crippen molar-refractivity contribution < 1.29 is 14.3 Å². The van der Waals surface area contributed by atoms with Gasteiger partial charge in [0.2, 0.25) is 5.91 Å². The van der Waals surface area contributed by atoms with E-state index in [1.54, 1.807) is 14.2 Å². The summed E-state index contributed by atoms with van der Waals surface area (Å²) in [4.78, 5) is 14.3. The molecular formula is C20H26N2O3. The van der Waals surface area contributed by atoms with Gasteiger partial charge in [0, 0.05) is 33.8 Å². The van der Waals surface area contributed by atoms with E-state index >= 15 is 0 Å². The van der Waals surface area contributed by atoms with E-state index in [9.17, 15) is 4.79 Å². The number of ether oxygens (including phenoxy) is 2. The molecule has 1 unspecified atom stereocenters. The summed E-state index contributed by atoms with van der Waals surface area (Å²) in [6, 6.07) is 14.9. The minimum absolute atomic E-state index is 0.0240. The van der Waals surface area contributed by atoms with E-state index in [1.807, 2.05) is 0 Å². The fourth-order valence-corrected chi connectivity index (χ4v) is 3.62. The van der Waals surface area contributed by atoms with Gasteiger partial charge in [0.05, 0.1) is 19.6 Å². The van der Waals surface area contributed by atoms with Gasteiger partial charge in [-0.15, -0.1) is 0 Å². The fraction of sp³-hybridized carbons (Fsp3) is 0.450. The first-order valence-electron chi connectivity index (χ1n) is 8.68. The summed E-state index contributed by atoms with van der Waals surface area (Å²) < 4.78 is 11.4. The number of fused-ring (bicyclic) bond motifs is 1. The molecule has 0 bridgehead atoms. The lowest BCUT2D eigenvalue weighted by molar-refractivity contribution is -0.155. The summed E-state index contributed by atoms with van der Waals surface area (Å²) in [5, 5.41) is 5.22. The lowest BCUT2D eigenvalue weighted by Gasteiger charge is -2.42. The molecule has 2 aromatic rings. The van der Waals surface area contributed by atoms with Crippen LogP contribution in [0, 0.1) is 0 Å². The molecule has 1 N–H and O–H groups in total. The molecule has 1 aliphatic heterocycles. The van der Waals surface area contributed by atoms with E-state index in [4.69, 9.17) is 9.47 Å². The Kier molecular flexibility index (Phi) is 5.68. The standard InChI is InChI=1S/C20H26N2O3/c1-21-19(23)12-20(15-24-2)14-22(10-11-25-20)13-17-8-5-7-16-6-3-4-9-18(16)17/h3-9H,10-15H2,1-2H3,(H,21,23). The molecule has 3 rings (SSSR count). The molecule has 1 heterocycles. The number of amides is 1. The molecule has 1 atom stereocenters. The second-order valence-corrected chi connectivity index (χ2v) is 6.66. The van der Waals surface area contributed by atoms with Gasteiger partial charge >= 0.3 is 0 Å². The van der Waals surface area contributed by atoms with Gasteiger partial charge in [-0.05, 0) is 16.3 Å². The van der Waals surface area contributed by atoms with Crippen LogP contribution in [0.25, 0.3) is 10.8 Å². The number of nitrogens with one attached hydrogen (secondary N) is 1.